The number of anilines is 1. The van der Waals surface area contributed by atoms with E-state index in [0.717, 1.165) is 18.8 Å². The Labute approximate surface area is 84.5 Å². The Bertz CT molecular complexity index is 357. The molecule has 4 heteroatoms. The Morgan fingerprint density at radius 1 is 1.57 bits per heavy atom. The highest BCUT2D eigenvalue weighted by Crippen LogP contribution is 2.16. The summed E-state index contributed by atoms with van der Waals surface area (Å²) in [5.41, 5.74) is 7.44. The normalized spacial score (nSPS) is 10.5. The van der Waals surface area contributed by atoms with Gasteiger partial charge >= 0.3 is 0 Å². The minimum absolute atomic E-state index is 0.571. The van der Waals surface area contributed by atoms with Gasteiger partial charge in [0.15, 0.2) is 0 Å². The van der Waals surface area contributed by atoms with Crippen molar-refractivity contribution in [3.8, 4) is 6.07 Å². The summed E-state index contributed by atoms with van der Waals surface area (Å²) < 4.78 is 1.97. The van der Waals surface area contributed by atoms with E-state index in [4.69, 9.17) is 11.0 Å². The van der Waals surface area contributed by atoms with Crippen LogP contribution in [0.15, 0.2) is 6.07 Å². The summed E-state index contributed by atoms with van der Waals surface area (Å²) in [6.45, 7) is 3.71. The van der Waals surface area contributed by atoms with Crippen molar-refractivity contribution in [1.82, 2.24) is 9.47 Å². The van der Waals surface area contributed by atoms with E-state index in [9.17, 15) is 0 Å². The van der Waals surface area contributed by atoms with Crippen molar-refractivity contribution >= 4 is 5.82 Å². The molecule has 0 saturated heterocycles. The fourth-order valence-corrected chi connectivity index (χ4v) is 1.38. The van der Waals surface area contributed by atoms with Gasteiger partial charge in [-0.1, -0.05) is 0 Å². The highest BCUT2D eigenvalue weighted by molar-refractivity contribution is 5.52. The molecule has 4 nitrogen and oxygen atoms in total. The van der Waals surface area contributed by atoms with Crippen molar-refractivity contribution in [2.75, 3.05) is 26.4 Å². The first-order chi connectivity index (χ1) is 6.56. The van der Waals surface area contributed by atoms with E-state index < -0.39 is 0 Å². The number of nitrogen functional groups attached to an aromatic ring is 1. The van der Waals surface area contributed by atoms with E-state index in [2.05, 4.69) is 11.0 Å². The van der Waals surface area contributed by atoms with Gasteiger partial charge in [0.25, 0.3) is 0 Å². The van der Waals surface area contributed by atoms with Crippen molar-refractivity contribution in [2.45, 2.75) is 13.5 Å². The van der Waals surface area contributed by atoms with Crippen molar-refractivity contribution in [3.63, 3.8) is 0 Å². The number of hydrogen-bond donors (Lipinski definition) is 1. The molecule has 0 amide bonds. The van der Waals surface area contributed by atoms with Crippen LogP contribution in [0.3, 0.4) is 0 Å². The smallest absolute Gasteiger partial charge is 0.121 e. The fourth-order valence-electron chi connectivity index (χ4n) is 1.38. The van der Waals surface area contributed by atoms with Crippen LogP contribution in [0.5, 0.6) is 0 Å². The molecule has 0 atom stereocenters. The van der Waals surface area contributed by atoms with Crippen LogP contribution in [0, 0.1) is 18.3 Å². The zero-order valence-electron chi connectivity index (χ0n) is 8.91. The first-order valence-corrected chi connectivity index (χ1v) is 4.56. The predicted molar refractivity (Wildman–Crippen MR) is 56.9 cm³/mol. The fraction of sp³-hybridized carbons (Fsp3) is 0.500. The molecule has 0 unspecified atom stereocenters. The minimum Gasteiger partial charge on any atom is -0.384 e. The SMILES string of the molecule is Cc1cc(C#N)c(N)n1CCN(C)C. The Kier molecular flexibility index (Phi) is 3.15. The monoisotopic (exact) mass is 192 g/mol. The maximum Gasteiger partial charge on any atom is 0.121 e. The molecular formula is C10H16N4. The second-order valence-electron chi connectivity index (χ2n) is 3.65. The van der Waals surface area contributed by atoms with E-state index in [1.54, 1.807) is 0 Å². The molecule has 0 aliphatic heterocycles. The molecule has 14 heavy (non-hydrogen) atoms. The second kappa shape index (κ2) is 4.16. The first kappa shape index (κ1) is 10.6. The van der Waals surface area contributed by atoms with Crippen LogP contribution in [0.25, 0.3) is 0 Å². The molecule has 0 aliphatic carbocycles. The van der Waals surface area contributed by atoms with Gasteiger partial charge in [0.1, 0.15) is 11.9 Å². The Morgan fingerprint density at radius 3 is 2.64 bits per heavy atom. The van der Waals surface area contributed by atoms with E-state index >= 15 is 0 Å². The third kappa shape index (κ3) is 2.06. The van der Waals surface area contributed by atoms with Crippen LogP contribution in [0.1, 0.15) is 11.3 Å². The quantitative estimate of drug-likeness (QED) is 0.771. The lowest BCUT2D eigenvalue weighted by Gasteiger charge is -2.13. The maximum absolute atomic E-state index is 8.78. The van der Waals surface area contributed by atoms with Crippen LogP contribution in [0.4, 0.5) is 5.82 Å². The molecule has 0 aromatic carbocycles. The number of nitrogens with two attached hydrogens (primary N) is 1. The lowest BCUT2D eigenvalue weighted by atomic mass is 10.3. The molecule has 1 rings (SSSR count). The van der Waals surface area contributed by atoms with Crippen LogP contribution < -0.4 is 5.73 Å². The topological polar surface area (TPSA) is 58.0 Å². The van der Waals surface area contributed by atoms with E-state index in [0.29, 0.717) is 11.4 Å². The van der Waals surface area contributed by atoms with Gasteiger partial charge in [-0.25, -0.2) is 0 Å². The minimum atomic E-state index is 0.571. The van der Waals surface area contributed by atoms with Crippen molar-refractivity contribution in [3.05, 3.63) is 17.3 Å². The highest BCUT2D eigenvalue weighted by atomic mass is 15.1. The van der Waals surface area contributed by atoms with Gasteiger partial charge in [0.05, 0.1) is 5.56 Å². The molecule has 2 N–H and O–H groups in total. The van der Waals surface area contributed by atoms with E-state index in [1.807, 2.05) is 31.7 Å². The summed E-state index contributed by atoms with van der Waals surface area (Å²) >= 11 is 0. The molecule has 0 radical (unpaired) electrons. The number of aromatic nitrogens is 1. The number of aryl methyl sites for hydroxylation is 1. The van der Waals surface area contributed by atoms with Gasteiger partial charge in [-0.2, -0.15) is 5.26 Å². The molecule has 0 spiro atoms. The lowest BCUT2D eigenvalue weighted by molar-refractivity contribution is 0.384. The lowest BCUT2D eigenvalue weighted by Crippen LogP contribution is -2.19. The van der Waals surface area contributed by atoms with Crippen molar-refractivity contribution < 1.29 is 0 Å². The van der Waals surface area contributed by atoms with Gasteiger partial charge < -0.3 is 15.2 Å². The summed E-state index contributed by atoms with van der Waals surface area (Å²) in [7, 11) is 4.03. The number of nitrogens with zero attached hydrogens (tertiary/aromatic N) is 3. The van der Waals surface area contributed by atoms with Crippen LogP contribution in [-0.4, -0.2) is 30.1 Å². The van der Waals surface area contributed by atoms with E-state index in [1.165, 1.54) is 0 Å². The number of likely N-dealkylation sites (N-methyl/N-ethyl adjacent to an activating group) is 1. The van der Waals surface area contributed by atoms with Crippen LogP contribution in [0.2, 0.25) is 0 Å². The predicted octanol–water partition coefficient (Wildman–Crippen LogP) is 0.812. The molecule has 1 aromatic heterocycles. The van der Waals surface area contributed by atoms with Gasteiger partial charge in [0.2, 0.25) is 0 Å². The zero-order chi connectivity index (χ0) is 10.7. The molecule has 0 bridgehead atoms. The Balaban J connectivity index is 2.87. The molecule has 0 aliphatic rings. The second-order valence-corrected chi connectivity index (χ2v) is 3.65. The van der Waals surface area contributed by atoms with Gasteiger partial charge in [-0.15, -0.1) is 0 Å². The van der Waals surface area contributed by atoms with Crippen LogP contribution >= 0.6 is 0 Å². The summed E-state index contributed by atoms with van der Waals surface area (Å²) in [6.07, 6.45) is 0. The number of nitriles is 1. The summed E-state index contributed by atoms with van der Waals surface area (Å²) in [6, 6.07) is 3.91. The molecule has 1 heterocycles. The highest BCUT2D eigenvalue weighted by Gasteiger charge is 2.08. The van der Waals surface area contributed by atoms with Gasteiger partial charge in [-0.05, 0) is 27.1 Å². The largest absolute Gasteiger partial charge is 0.384 e. The zero-order valence-corrected chi connectivity index (χ0v) is 8.91. The molecule has 76 valence electrons. The Morgan fingerprint density at radius 2 is 2.21 bits per heavy atom. The van der Waals surface area contributed by atoms with Crippen LogP contribution in [-0.2, 0) is 6.54 Å². The third-order valence-corrected chi connectivity index (χ3v) is 2.24. The number of hydrogen-bond acceptors (Lipinski definition) is 3. The first-order valence-electron chi connectivity index (χ1n) is 4.56. The van der Waals surface area contributed by atoms with Gasteiger partial charge in [0, 0.05) is 18.8 Å². The molecule has 1 aromatic rings. The molecular weight excluding hydrogens is 176 g/mol. The molecule has 0 fully saturated rings. The Hall–Kier alpha value is -1.47. The average Bonchev–Trinajstić information content (AvgIpc) is 2.39. The maximum atomic E-state index is 8.78. The van der Waals surface area contributed by atoms with Gasteiger partial charge in [-0.3, -0.25) is 0 Å². The third-order valence-electron chi connectivity index (χ3n) is 2.24. The van der Waals surface area contributed by atoms with Crippen molar-refractivity contribution in [1.29, 1.82) is 5.26 Å². The summed E-state index contributed by atoms with van der Waals surface area (Å²) in [5.74, 6) is 0.576. The molecule has 0 saturated carbocycles. The number of rotatable bonds is 3. The van der Waals surface area contributed by atoms with Crippen molar-refractivity contribution in [2.24, 2.45) is 0 Å². The van der Waals surface area contributed by atoms with E-state index in [-0.39, 0.29) is 0 Å². The summed E-state index contributed by atoms with van der Waals surface area (Å²) in [5, 5.41) is 8.78. The standard InChI is InChI=1S/C10H16N4/c1-8-6-9(7-11)10(12)14(8)5-4-13(2)3/h6H,4-5,12H2,1-3H3. The summed E-state index contributed by atoms with van der Waals surface area (Å²) in [4.78, 5) is 2.09. The average molecular weight is 192 g/mol.